The molecule has 0 radical (unpaired) electrons. The van der Waals surface area contributed by atoms with Crippen LogP contribution in [0.1, 0.15) is 32.1 Å². The largest absolute Gasteiger partial charge is 0.496 e. The molecule has 0 aromatic heterocycles. The van der Waals surface area contributed by atoms with Gasteiger partial charge in [-0.3, -0.25) is 9.69 Å². The molecule has 3 fully saturated rings. The molecule has 3 saturated heterocycles. The quantitative estimate of drug-likeness (QED) is 0.493. The number of amides is 1. The van der Waals surface area contributed by atoms with Crippen LogP contribution in [-0.2, 0) is 19.6 Å². The van der Waals surface area contributed by atoms with Crippen molar-refractivity contribution in [3.05, 3.63) is 36.4 Å². The molecule has 1 unspecified atom stereocenters. The number of methoxy groups -OCH3 is 1. The molecule has 9 nitrogen and oxygen atoms in total. The van der Waals surface area contributed by atoms with Crippen LogP contribution < -0.4 is 4.74 Å². The lowest BCUT2D eigenvalue weighted by atomic mass is 10.0. The van der Waals surface area contributed by atoms with Crippen molar-refractivity contribution in [3.63, 3.8) is 0 Å². The Morgan fingerprint density at radius 2 is 1.62 bits per heavy atom. The maximum Gasteiger partial charge on any atom is 0.248 e. The second-order valence-electron chi connectivity index (χ2n) is 11.0. The Balaban J connectivity index is 1.17. The van der Waals surface area contributed by atoms with Gasteiger partial charge in [0.05, 0.1) is 18.6 Å². The number of sulfonamides is 1. The van der Waals surface area contributed by atoms with Gasteiger partial charge in [-0.15, -0.1) is 0 Å². The molecule has 0 spiro atoms. The van der Waals surface area contributed by atoms with Crippen LogP contribution >= 0.6 is 0 Å². The number of carbonyl (C=O) groups excluding carboxylic acids is 1. The smallest absolute Gasteiger partial charge is 0.248 e. The summed E-state index contributed by atoms with van der Waals surface area (Å²) in [4.78, 5) is 20.0. The number of likely N-dealkylation sites (tertiary alicyclic amines) is 1. The molecule has 0 aliphatic carbocycles. The summed E-state index contributed by atoms with van der Waals surface area (Å²) in [6.07, 6.45) is 4.86. The average Bonchev–Trinajstić information content (AvgIpc) is 2.97. The van der Waals surface area contributed by atoms with E-state index >= 15 is 0 Å². The third-order valence-corrected chi connectivity index (χ3v) is 10.6. The van der Waals surface area contributed by atoms with E-state index in [2.05, 4.69) is 16.8 Å². The Labute approximate surface area is 232 Å². The van der Waals surface area contributed by atoms with Crippen molar-refractivity contribution >= 4 is 26.7 Å². The number of benzene rings is 2. The van der Waals surface area contributed by atoms with Crippen LogP contribution in [0.2, 0.25) is 0 Å². The normalized spacial score (nSPS) is 22.8. The van der Waals surface area contributed by atoms with E-state index in [1.165, 1.54) is 12.8 Å². The van der Waals surface area contributed by atoms with E-state index in [1.807, 2.05) is 29.2 Å². The van der Waals surface area contributed by atoms with E-state index in [-0.39, 0.29) is 30.1 Å². The molecule has 1 amide bonds. The summed E-state index contributed by atoms with van der Waals surface area (Å²) in [6.45, 7) is 6.20. The third kappa shape index (κ3) is 6.25. The topological polar surface area (TPSA) is 82.6 Å². The van der Waals surface area contributed by atoms with E-state index in [1.54, 1.807) is 23.5 Å². The maximum atomic E-state index is 13.9. The highest BCUT2D eigenvalue weighted by atomic mass is 32.2. The number of hydrogen-bond acceptors (Lipinski definition) is 7. The zero-order chi connectivity index (χ0) is 27.4. The van der Waals surface area contributed by atoms with Crippen molar-refractivity contribution in [2.45, 2.75) is 49.1 Å². The van der Waals surface area contributed by atoms with E-state index in [9.17, 15) is 13.2 Å². The number of hydrogen-bond donors (Lipinski definition) is 0. The maximum absolute atomic E-state index is 13.9. The van der Waals surface area contributed by atoms with Crippen LogP contribution in [0.15, 0.2) is 41.3 Å². The number of rotatable bonds is 8. The van der Waals surface area contributed by atoms with Crippen LogP contribution in [0.4, 0.5) is 0 Å². The van der Waals surface area contributed by atoms with Crippen LogP contribution in [0.5, 0.6) is 5.75 Å². The summed E-state index contributed by atoms with van der Waals surface area (Å²) in [7, 11) is 0.00408. The van der Waals surface area contributed by atoms with E-state index in [0.29, 0.717) is 23.7 Å². The summed E-state index contributed by atoms with van der Waals surface area (Å²) in [5.74, 6) is 0.637. The number of piperazine rings is 1. The first-order valence-electron chi connectivity index (χ1n) is 14.2. The van der Waals surface area contributed by atoms with Gasteiger partial charge in [0, 0.05) is 55.6 Å². The van der Waals surface area contributed by atoms with Gasteiger partial charge in [0.15, 0.2) is 0 Å². The van der Waals surface area contributed by atoms with Crippen molar-refractivity contribution in [2.24, 2.45) is 0 Å². The molecule has 3 heterocycles. The van der Waals surface area contributed by atoms with Gasteiger partial charge >= 0.3 is 0 Å². The van der Waals surface area contributed by atoms with Crippen LogP contribution in [0.25, 0.3) is 10.8 Å². The van der Waals surface area contributed by atoms with Gasteiger partial charge in [-0.2, -0.15) is 4.31 Å². The van der Waals surface area contributed by atoms with Gasteiger partial charge in [-0.1, -0.05) is 30.7 Å². The molecule has 0 bridgehead atoms. The Kier molecular flexibility index (Phi) is 9.08. The highest BCUT2D eigenvalue weighted by Crippen LogP contribution is 2.34. The number of ether oxygens (including phenoxy) is 2. The summed E-state index contributed by atoms with van der Waals surface area (Å²) >= 11 is 0. The molecule has 5 rings (SSSR count). The molecular weight excluding hydrogens is 516 g/mol. The average molecular weight is 559 g/mol. The first-order valence-corrected chi connectivity index (χ1v) is 15.7. The second kappa shape index (κ2) is 12.5. The minimum Gasteiger partial charge on any atom is -0.496 e. The summed E-state index contributed by atoms with van der Waals surface area (Å²) in [5.41, 5.74) is 0. The minimum atomic E-state index is -3.76. The number of nitrogens with zero attached hydrogens (tertiary/aromatic N) is 4. The lowest BCUT2D eigenvalue weighted by Crippen LogP contribution is -2.54. The van der Waals surface area contributed by atoms with Crippen molar-refractivity contribution in [3.8, 4) is 5.75 Å². The first-order chi connectivity index (χ1) is 18.9. The van der Waals surface area contributed by atoms with Crippen molar-refractivity contribution in [2.75, 3.05) is 73.2 Å². The Hall–Kier alpha value is -2.24. The monoisotopic (exact) mass is 558 g/mol. The zero-order valence-corrected chi connectivity index (χ0v) is 24.1. The predicted molar refractivity (Wildman–Crippen MR) is 152 cm³/mol. The van der Waals surface area contributed by atoms with Crippen molar-refractivity contribution in [1.29, 1.82) is 0 Å². The molecule has 2 aromatic carbocycles. The van der Waals surface area contributed by atoms with Gasteiger partial charge in [0.25, 0.3) is 0 Å². The number of carbonyl (C=O) groups is 1. The summed E-state index contributed by atoms with van der Waals surface area (Å²) < 4.78 is 40.7. The second-order valence-corrected chi connectivity index (χ2v) is 12.9. The standard InChI is InChI=1S/C29H42N4O5S/c1-30-15-12-23(13-16-30)31-17-19-32(20-18-31)29(34)22-38-21-24-7-5-6-14-33(24)39(35,36)28-11-10-27(37-2)25-8-3-4-9-26(25)28/h3-4,8-11,23-24H,5-7,12-22H2,1-2H3. The lowest BCUT2D eigenvalue weighted by Gasteiger charge is -2.42. The van der Waals surface area contributed by atoms with Gasteiger partial charge in [-0.05, 0) is 58.0 Å². The van der Waals surface area contributed by atoms with Crippen molar-refractivity contribution < 1.29 is 22.7 Å². The zero-order valence-electron chi connectivity index (χ0n) is 23.3. The Bertz CT molecular complexity index is 1240. The molecule has 0 saturated carbocycles. The van der Waals surface area contributed by atoms with Gasteiger partial charge in [0.2, 0.25) is 15.9 Å². The Morgan fingerprint density at radius 3 is 2.33 bits per heavy atom. The van der Waals surface area contributed by atoms with Crippen molar-refractivity contribution in [1.82, 2.24) is 19.0 Å². The highest BCUT2D eigenvalue weighted by molar-refractivity contribution is 7.89. The fraction of sp³-hybridized carbons (Fsp3) is 0.621. The SMILES string of the molecule is COc1ccc(S(=O)(=O)N2CCCCC2COCC(=O)N2CCN(C3CCN(C)CC3)CC2)c2ccccc12. The summed E-state index contributed by atoms with van der Waals surface area (Å²) in [6, 6.07) is 11.1. The van der Waals surface area contributed by atoms with Crippen LogP contribution in [0.3, 0.4) is 0 Å². The van der Waals surface area contributed by atoms with E-state index in [0.717, 1.165) is 63.9 Å². The molecule has 39 heavy (non-hydrogen) atoms. The molecule has 214 valence electrons. The first kappa shape index (κ1) is 28.3. The van der Waals surface area contributed by atoms with Crippen LogP contribution in [-0.4, -0.2) is 119 Å². The molecule has 1 atom stereocenters. The fourth-order valence-corrected chi connectivity index (χ4v) is 8.18. The van der Waals surface area contributed by atoms with E-state index < -0.39 is 10.0 Å². The molecule has 2 aromatic rings. The third-order valence-electron chi connectivity index (χ3n) is 8.63. The molecular formula is C29H42N4O5S. The molecule has 10 heteroatoms. The van der Waals surface area contributed by atoms with E-state index in [4.69, 9.17) is 9.47 Å². The molecule has 3 aliphatic rings. The van der Waals surface area contributed by atoms with Crippen LogP contribution in [0, 0.1) is 0 Å². The highest BCUT2D eigenvalue weighted by Gasteiger charge is 2.35. The fourth-order valence-electron chi connectivity index (χ4n) is 6.30. The number of piperidine rings is 2. The predicted octanol–water partition coefficient (Wildman–Crippen LogP) is 2.65. The molecule has 3 aliphatic heterocycles. The summed E-state index contributed by atoms with van der Waals surface area (Å²) in [5, 5.41) is 1.42. The van der Waals surface area contributed by atoms with Gasteiger partial charge in [-0.25, -0.2) is 8.42 Å². The Morgan fingerprint density at radius 1 is 0.897 bits per heavy atom. The minimum absolute atomic E-state index is 0.00982. The lowest BCUT2D eigenvalue weighted by molar-refractivity contribution is -0.138. The van der Waals surface area contributed by atoms with Gasteiger partial charge < -0.3 is 19.3 Å². The molecule has 0 N–H and O–H groups in total. The number of fused-ring (bicyclic) bond motifs is 1. The van der Waals surface area contributed by atoms with Gasteiger partial charge in [0.1, 0.15) is 12.4 Å².